The SMILES string of the molecule is CC.CCCN(C)C1CCCCC1CC. The summed E-state index contributed by atoms with van der Waals surface area (Å²) in [6, 6.07) is 0.888. The molecule has 0 spiro atoms. The van der Waals surface area contributed by atoms with Gasteiger partial charge in [-0.2, -0.15) is 0 Å². The van der Waals surface area contributed by atoms with Gasteiger partial charge in [0.15, 0.2) is 0 Å². The summed E-state index contributed by atoms with van der Waals surface area (Å²) in [4.78, 5) is 2.59. The highest BCUT2D eigenvalue weighted by atomic mass is 15.1. The number of hydrogen-bond donors (Lipinski definition) is 0. The van der Waals surface area contributed by atoms with Crippen LogP contribution in [0, 0.1) is 5.92 Å². The first-order valence-corrected chi connectivity index (χ1v) is 6.99. The molecule has 0 amide bonds. The molecule has 15 heavy (non-hydrogen) atoms. The highest BCUT2D eigenvalue weighted by Gasteiger charge is 2.26. The van der Waals surface area contributed by atoms with Gasteiger partial charge in [0.25, 0.3) is 0 Å². The molecule has 1 aliphatic carbocycles. The maximum atomic E-state index is 2.59. The molecule has 0 bridgehead atoms. The van der Waals surface area contributed by atoms with E-state index >= 15 is 0 Å². The average molecular weight is 213 g/mol. The Hall–Kier alpha value is -0.0400. The van der Waals surface area contributed by atoms with E-state index in [1.807, 2.05) is 13.8 Å². The van der Waals surface area contributed by atoms with Gasteiger partial charge in [0.1, 0.15) is 0 Å². The van der Waals surface area contributed by atoms with Crippen molar-refractivity contribution in [2.24, 2.45) is 5.92 Å². The van der Waals surface area contributed by atoms with Gasteiger partial charge in [0.2, 0.25) is 0 Å². The second kappa shape index (κ2) is 9.21. The van der Waals surface area contributed by atoms with Gasteiger partial charge >= 0.3 is 0 Å². The summed E-state index contributed by atoms with van der Waals surface area (Å²) in [5.74, 6) is 0.977. The van der Waals surface area contributed by atoms with E-state index in [2.05, 4.69) is 25.8 Å². The molecule has 0 saturated heterocycles. The van der Waals surface area contributed by atoms with Crippen LogP contribution in [-0.2, 0) is 0 Å². The van der Waals surface area contributed by atoms with Gasteiger partial charge in [-0.1, -0.05) is 47.0 Å². The molecule has 0 aliphatic heterocycles. The monoisotopic (exact) mass is 213 g/mol. The summed E-state index contributed by atoms with van der Waals surface area (Å²) in [5.41, 5.74) is 0. The fourth-order valence-electron chi connectivity index (χ4n) is 2.76. The van der Waals surface area contributed by atoms with E-state index in [9.17, 15) is 0 Å². The van der Waals surface area contributed by atoms with Gasteiger partial charge in [-0.15, -0.1) is 0 Å². The Morgan fingerprint density at radius 3 is 2.20 bits per heavy atom. The lowest BCUT2D eigenvalue weighted by atomic mass is 9.82. The summed E-state index contributed by atoms with van der Waals surface area (Å²) < 4.78 is 0. The van der Waals surface area contributed by atoms with Crippen LogP contribution in [0.5, 0.6) is 0 Å². The molecule has 1 rings (SSSR count). The zero-order valence-corrected chi connectivity index (χ0v) is 11.6. The van der Waals surface area contributed by atoms with Gasteiger partial charge in [0, 0.05) is 6.04 Å². The number of rotatable bonds is 4. The lowest BCUT2D eigenvalue weighted by Crippen LogP contribution is -2.40. The van der Waals surface area contributed by atoms with E-state index in [4.69, 9.17) is 0 Å². The fourth-order valence-corrected chi connectivity index (χ4v) is 2.76. The molecule has 1 heteroatoms. The lowest BCUT2D eigenvalue weighted by Gasteiger charge is -2.37. The van der Waals surface area contributed by atoms with Crippen LogP contribution < -0.4 is 0 Å². The van der Waals surface area contributed by atoms with Gasteiger partial charge in [-0.25, -0.2) is 0 Å². The molecule has 0 aromatic carbocycles. The highest BCUT2D eigenvalue weighted by molar-refractivity contribution is 4.80. The molecular formula is C14H31N. The van der Waals surface area contributed by atoms with Crippen molar-refractivity contribution in [2.45, 2.75) is 72.3 Å². The van der Waals surface area contributed by atoms with Crippen molar-refractivity contribution in [1.82, 2.24) is 4.90 Å². The van der Waals surface area contributed by atoms with E-state index in [-0.39, 0.29) is 0 Å². The van der Waals surface area contributed by atoms with Crippen molar-refractivity contribution in [3.63, 3.8) is 0 Å². The maximum Gasteiger partial charge on any atom is 0.0120 e. The van der Waals surface area contributed by atoms with Crippen LogP contribution in [0.2, 0.25) is 0 Å². The molecule has 0 aromatic heterocycles. The van der Waals surface area contributed by atoms with Crippen LogP contribution >= 0.6 is 0 Å². The fraction of sp³-hybridized carbons (Fsp3) is 1.00. The van der Waals surface area contributed by atoms with Crippen LogP contribution in [-0.4, -0.2) is 24.5 Å². The normalized spacial score (nSPS) is 26.0. The predicted molar refractivity (Wildman–Crippen MR) is 70.3 cm³/mol. The van der Waals surface area contributed by atoms with E-state index in [0.717, 1.165) is 12.0 Å². The van der Waals surface area contributed by atoms with Gasteiger partial charge < -0.3 is 4.90 Å². The molecule has 1 nitrogen and oxygen atoms in total. The molecule has 1 aliphatic rings. The number of nitrogens with zero attached hydrogens (tertiary/aromatic N) is 1. The van der Waals surface area contributed by atoms with E-state index in [1.165, 1.54) is 45.1 Å². The molecule has 0 radical (unpaired) electrons. The zero-order valence-electron chi connectivity index (χ0n) is 11.6. The Labute approximate surface area is 97.2 Å². The first-order valence-electron chi connectivity index (χ1n) is 6.99. The Bertz CT molecular complexity index is 133. The minimum atomic E-state index is 0.888. The third kappa shape index (κ3) is 5.01. The number of hydrogen-bond acceptors (Lipinski definition) is 1. The Morgan fingerprint density at radius 2 is 1.67 bits per heavy atom. The van der Waals surface area contributed by atoms with Crippen LogP contribution in [0.1, 0.15) is 66.2 Å². The maximum absolute atomic E-state index is 2.59. The molecule has 92 valence electrons. The zero-order chi connectivity index (χ0) is 11.7. The van der Waals surface area contributed by atoms with Crippen LogP contribution in [0.3, 0.4) is 0 Å². The topological polar surface area (TPSA) is 3.24 Å². The summed E-state index contributed by atoms with van der Waals surface area (Å²) in [6.45, 7) is 9.91. The molecular weight excluding hydrogens is 182 g/mol. The Kier molecular flexibility index (Phi) is 9.18. The average Bonchev–Trinajstić information content (AvgIpc) is 2.32. The first kappa shape index (κ1) is 15.0. The largest absolute Gasteiger partial charge is 0.303 e. The van der Waals surface area contributed by atoms with Crippen molar-refractivity contribution in [3.8, 4) is 0 Å². The molecule has 2 atom stereocenters. The molecule has 1 saturated carbocycles. The van der Waals surface area contributed by atoms with Crippen molar-refractivity contribution in [1.29, 1.82) is 0 Å². The van der Waals surface area contributed by atoms with Gasteiger partial charge in [-0.05, 0) is 38.8 Å². The van der Waals surface area contributed by atoms with Crippen LogP contribution in [0.15, 0.2) is 0 Å². The van der Waals surface area contributed by atoms with Crippen LogP contribution in [0.4, 0.5) is 0 Å². The van der Waals surface area contributed by atoms with E-state index in [1.54, 1.807) is 0 Å². The molecule has 0 N–H and O–H groups in total. The molecule has 0 heterocycles. The lowest BCUT2D eigenvalue weighted by molar-refractivity contribution is 0.127. The second-order valence-electron chi connectivity index (χ2n) is 4.50. The minimum Gasteiger partial charge on any atom is -0.303 e. The molecule has 0 aromatic rings. The summed E-state index contributed by atoms with van der Waals surface area (Å²) in [6.07, 6.45) is 8.50. The van der Waals surface area contributed by atoms with Crippen molar-refractivity contribution < 1.29 is 0 Å². The quantitative estimate of drug-likeness (QED) is 0.672. The summed E-state index contributed by atoms with van der Waals surface area (Å²) in [5, 5.41) is 0. The van der Waals surface area contributed by atoms with E-state index in [0.29, 0.717) is 0 Å². The van der Waals surface area contributed by atoms with E-state index < -0.39 is 0 Å². The predicted octanol–water partition coefficient (Wildman–Crippen LogP) is 4.32. The van der Waals surface area contributed by atoms with Crippen molar-refractivity contribution in [3.05, 3.63) is 0 Å². The summed E-state index contributed by atoms with van der Waals surface area (Å²) in [7, 11) is 2.31. The second-order valence-corrected chi connectivity index (χ2v) is 4.50. The minimum absolute atomic E-state index is 0.888. The van der Waals surface area contributed by atoms with Crippen molar-refractivity contribution in [2.75, 3.05) is 13.6 Å². The molecule has 2 unspecified atom stereocenters. The smallest absolute Gasteiger partial charge is 0.0120 e. The standard InChI is InChI=1S/C12H25N.C2H6/c1-4-10-13(3)12-9-7-6-8-11(12)5-2;1-2/h11-12H,4-10H2,1-3H3;1-2H3. The Balaban J connectivity index is 0.000000921. The highest BCUT2D eigenvalue weighted by Crippen LogP contribution is 2.29. The summed E-state index contributed by atoms with van der Waals surface area (Å²) >= 11 is 0. The van der Waals surface area contributed by atoms with Crippen molar-refractivity contribution >= 4 is 0 Å². The molecule has 1 fully saturated rings. The first-order chi connectivity index (χ1) is 7.29. The third-order valence-electron chi connectivity index (χ3n) is 3.54. The Morgan fingerprint density at radius 1 is 1.07 bits per heavy atom. The van der Waals surface area contributed by atoms with Crippen LogP contribution in [0.25, 0.3) is 0 Å². The van der Waals surface area contributed by atoms with Gasteiger partial charge in [-0.3, -0.25) is 0 Å². The third-order valence-corrected chi connectivity index (χ3v) is 3.54. The van der Waals surface area contributed by atoms with Gasteiger partial charge in [0.05, 0.1) is 0 Å².